The number of aryl methyl sites for hydroxylation is 2. The molecule has 2 aromatic rings. The van der Waals surface area contributed by atoms with E-state index in [1.54, 1.807) is 12.1 Å². The monoisotopic (exact) mass is 295 g/mol. The summed E-state index contributed by atoms with van der Waals surface area (Å²) in [6.45, 7) is 4.02. The van der Waals surface area contributed by atoms with Crippen molar-refractivity contribution >= 4 is 29.0 Å². The number of halogens is 2. The van der Waals surface area contributed by atoms with E-state index in [4.69, 9.17) is 28.9 Å². The molecule has 2 N–H and O–H groups in total. The zero-order valence-electron chi connectivity index (χ0n) is 10.9. The topological polar surface area (TPSA) is 51.8 Å². The van der Waals surface area contributed by atoms with Crippen molar-refractivity contribution in [2.24, 2.45) is 0 Å². The second-order valence-electron chi connectivity index (χ2n) is 4.18. The van der Waals surface area contributed by atoms with Gasteiger partial charge in [-0.15, -0.1) is 0 Å². The Labute approximate surface area is 122 Å². The molecule has 0 unspecified atom stereocenters. The number of hydrogen-bond acceptors (Lipinski definition) is 3. The van der Waals surface area contributed by atoms with Gasteiger partial charge in [-0.1, -0.05) is 37.0 Å². The van der Waals surface area contributed by atoms with Crippen molar-refractivity contribution in [3.63, 3.8) is 0 Å². The Balaban J connectivity index is 2.66. The van der Waals surface area contributed by atoms with Gasteiger partial charge in [-0.3, -0.25) is 0 Å². The van der Waals surface area contributed by atoms with Crippen molar-refractivity contribution in [3.05, 3.63) is 39.6 Å². The van der Waals surface area contributed by atoms with Gasteiger partial charge in [0.1, 0.15) is 5.82 Å². The standard InChI is InChI=1S/C14H15Cl2N3/c1-3-11-13(18-12(4-2)14(17)19-11)9-6-5-8(15)7-10(9)16/h5-7H,3-4H2,1-2H3,(H2,17,19). The molecule has 0 fully saturated rings. The summed E-state index contributed by atoms with van der Waals surface area (Å²) in [5.74, 6) is 0.494. The number of nitrogens with zero attached hydrogens (tertiary/aromatic N) is 2. The maximum absolute atomic E-state index is 6.24. The highest BCUT2D eigenvalue weighted by Crippen LogP contribution is 2.31. The molecular weight excluding hydrogens is 281 g/mol. The second-order valence-corrected chi connectivity index (χ2v) is 5.03. The molecule has 100 valence electrons. The number of hydrogen-bond donors (Lipinski definition) is 1. The van der Waals surface area contributed by atoms with E-state index in [0.29, 0.717) is 15.9 Å². The van der Waals surface area contributed by atoms with Crippen LogP contribution in [-0.2, 0) is 12.8 Å². The SMILES string of the molecule is CCc1nc(-c2ccc(Cl)cc2Cl)c(CC)nc1N. The molecule has 0 saturated heterocycles. The van der Waals surface area contributed by atoms with Crippen LogP contribution in [0.2, 0.25) is 10.0 Å². The molecule has 0 atom stereocenters. The molecule has 2 rings (SSSR count). The average molecular weight is 296 g/mol. The lowest BCUT2D eigenvalue weighted by atomic mass is 10.1. The molecule has 1 heterocycles. The Hall–Kier alpha value is -1.32. The van der Waals surface area contributed by atoms with Crippen molar-refractivity contribution in [1.82, 2.24) is 9.97 Å². The molecule has 0 aliphatic carbocycles. The highest BCUT2D eigenvalue weighted by atomic mass is 35.5. The fourth-order valence-corrected chi connectivity index (χ4v) is 2.42. The van der Waals surface area contributed by atoms with Crippen LogP contribution in [-0.4, -0.2) is 9.97 Å². The molecule has 0 radical (unpaired) electrons. The van der Waals surface area contributed by atoms with E-state index in [0.717, 1.165) is 35.5 Å². The van der Waals surface area contributed by atoms with Gasteiger partial charge < -0.3 is 5.73 Å². The van der Waals surface area contributed by atoms with Crippen LogP contribution < -0.4 is 5.73 Å². The second kappa shape index (κ2) is 5.76. The van der Waals surface area contributed by atoms with E-state index in [-0.39, 0.29) is 0 Å². The minimum absolute atomic E-state index is 0.494. The molecule has 0 aliphatic heterocycles. The smallest absolute Gasteiger partial charge is 0.145 e. The number of nitrogens with two attached hydrogens (primary N) is 1. The van der Waals surface area contributed by atoms with Crippen molar-refractivity contribution in [2.75, 3.05) is 5.73 Å². The van der Waals surface area contributed by atoms with Gasteiger partial charge in [0.15, 0.2) is 0 Å². The molecule has 3 nitrogen and oxygen atoms in total. The minimum Gasteiger partial charge on any atom is -0.382 e. The van der Waals surface area contributed by atoms with Gasteiger partial charge in [0, 0.05) is 10.6 Å². The van der Waals surface area contributed by atoms with Crippen LogP contribution in [0.15, 0.2) is 18.2 Å². The maximum atomic E-state index is 6.24. The number of nitrogen functional groups attached to an aromatic ring is 1. The van der Waals surface area contributed by atoms with Crippen molar-refractivity contribution in [2.45, 2.75) is 26.7 Å². The third-order valence-electron chi connectivity index (χ3n) is 2.93. The quantitative estimate of drug-likeness (QED) is 0.925. The Morgan fingerprint density at radius 2 is 1.74 bits per heavy atom. The highest BCUT2D eigenvalue weighted by Gasteiger charge is 2.14. The molecule has 0 spiro atoms. The number of benzene rings is 1. The zero-order chi connectivity index (χ0) is 14.0. The predicted octanol–water partition coefficient (Wildman–Crippen LogP) is 4.16. The van der Waals surface area contributed by atoms with Gasteiger partial charge in [-0.25, -0.2) is 9.97 Å². The summed E-state index contributed by atoms with van der Waals surface area (Å²) in [7, 11) is 0. The molecule has 0 saturated carbocycles. The lowest BCUT2D eigenvalue weighted by Gasteiger charge is -2.12. The van der Waals surface area contributed by atoms with Crippen molar-refractivity contribution in [1.29, 1.82) is 0 Å². The van der Waals surface area contributed by atoms with Gasteiger partial charge in [0.05, 0.1) is 22.1 Å². The van der Waals surface area contributed by atoms with Gasteiger partial charge in [0.25, 0.3) is 0 Å². The van der Waals surface area contributed by atoms with Crippen LogP contribution in [0, 0.1) is 0 Å². The molecule has 0 bridgehead atoms. The summed E-state index contributed by atoms with van der Waals surface area (Å²) in [6, 6.07) is 5.37. The molecule has 5 heteroatoms. The van der Waals surface area contributed by atoms with Crippen LogP contribution >= 0.6 is 23.2 Å². The normalized spacial score (nSPS) is 10.7. The Morgan fingerprint density at radius 1 is 1.05 bits per heavy atom. The first-order valence-electron chi connectivity index (χ1n) is 6.17. The zero-order valence-corrected chi connectivity index (χ0v) is 12.4. The molecule has 0 amide bonds. The lowest BCUT2D eigenvalue weighted by Crippen LogP contribution is -2.06. The van der Waals surface area contributed by atoms with E-state index in [2.05, 4.69) is 9.97 Å². The first-order valence-corrected chi connectivity index (χ1v) is 6.93. The Morgan fingerprint density at radius 3 is 2.32 bits per heavy atom. The molecule has 1 aromatic carbocycles. The van der Waals surface area contributed by atoms with E-state index in [1.807, 2.05) is 19.9 Å². The third kappa shape index (κ3) is 2.82. The molecule has 19 heavy (non-hydrogen) atoms. The van der Waals surface area contributed by atoms with Crippen LogP contribution in [0.4, 0.5) is 5.82 Å². The van der Waals surface area contributed by atoms with Crippen LogP contribution in [0.25, 0.3) is 11.3 Å². The van der Waals surface area contributed by atoms with E-state index in [1.165, 1.54) is 0 Å². The Kier molecular flexibility index (Phi) is 4.27. The number of aromatic nitrogens is 2. The number of rotatable bonds is 3. The van der Waals surface area contributed by atoms with E-state index < -0.39 is 0 Å². The van der Waals surface area contributed by atoms with Crippen LogP contribution in [0.5, 0.6) is 0 Å². The van der Waals surface area contributed by atoms with Gasteiger partial charge in [-0.05, 0) is 31.0 Å². The van der Waals surface area contributed by atoms with Crippen LogP contribution in [0.3, 0.4) is 0 Å². The van der Waals surface area contributed by atoms with Crippen LogP contribution in [0.1, 0.15) is 25.2 Å². The summed E-state index contributed by atoms with van der Waals surface area (Å²) in [4.78, 5) is 9.03. The molecule has 1 aromatic heterocycles. The third-order valence-corrected chi connectivity index (χ3v) is 3.48. The fraction of sp³-hybridized carbons (Fsp3) is 0.286. The van der Waals surface area contributed by atoms with Gasteiger partial charge in [0.2, 0.25) is 0 Å². The highest BCUT2D eigenvalue weighted by molar-refractivity contribution is 6.36. The largest absolute Gasteiger partial charge is 0.382 e. The first kappa shape index (κ1) is 14.1. The summed E-state index contributed by atoms with van der Waals surface area (Å²) < 4.78 is 0. The average Bonchev–Trinajstić information content (AvgIpc) is 2.39. The first-order chi connectivity index (χ1) is 9.06. The minimum atomic E-state index is 0.494. The van der Waals surface area contributed by atoms with Gasteiger partial charge >= 0.3 is 0 Å². The molecule has 0 aliphatic rings. The summed E-state index contributed by atoms with van der Waals surface area (Å²) in [6.07, 6.45) is 1.48. The van der Waals surface area contributed by atoms with Gasteiger partial charge in [-0.2, -0.15) is 0 Å². The lowest BCUT2D eigenvalue weighted by molar-refractivity contribution is 0.953. The van der Waals surface area contributed by atoms with Crippen molar-refractivity contribution in [3.8, 4) is 11.3 Å². The Bertz CT molecular complexity index is 612. The number of anilines is 1. The van der Waals surface area contributed by atoms with E-state index >= 15 is 0 Å². The summed E-state index contributed by atoms with van der Waals surface area (Å²) in [5, 5.41) is 1.18. The fourth-order valence-electron chi connectivity index (χ4n) is 1.92. The van der Waals surface area contributed by atoms with Crippen molar-refractivity contribution < 1.29 is 0 Å². The maximum Gasteiger partial charge on any atom is 0.145 e. The van der Waals surface area contributed by atoms with E-state index in [9.17, 15) is 0 Å². The predicted molar refractivity (Wildman–Crippen MR) is 80.7 cm³/mol. The molecular formula is C14H15Cl2N3. The summed E-state index contributed by atoms with van der Waals surface area (Å²) >= 11 is 12.2. The summed E-state index contributed by atoms with van der Waals surface area (Å²) in [5.41, 5.74) is 9.15.